The first-order valence-corrected chi connectivity index (χ1v) is 7.08. The maximum atomic E-state index is 9.65. The summed E-state index contributed by atoms with van der Waals surface area (Å²) in [7, 11) is 0. The van der Waals surface area contributed by atoms with Gasteiger partial charge in [0.2, 0.25) is 11.8 Å². The average Bonchev–Trinajstić information content (AvgIpc) is 2.47. The van der Waals surface area contributed by atoms with Crippen molar-refractivity contribution in [2.45, 2.75) is 39.0 Å². The molecule has 1 heterocycles. The number of rotatable bonds is 6. The van der Waals surface area contributed by atoms with E-state index >= 15 is 0 Å². The van der Waals surface area contributed by atoms with Crippen molar-refractivity contribution < 1.29 is 9.84 Å². The third kappa shape index (κ3) is 3.80. The number of anilines is 1. The molecule has 19 heavy (non-hydrogen) atoms. The Balaban J connectivity index is 1.94. The van der Waals surface area contributed by atoms with Crippen molar-refractivity contribution in [3.05, 3.63) is 12.3 Å². The number of aliphatic hydroxyl groups is 1. The normalized spacial score (nSPS) is 18.0. The number of nitrogens with one attached hydrogen (secondary N) is 1. The summed E-state index contributed by atoms with van der Waals surface area (Å²) in [6.45, 7) is 3.47. The Labute approximate surface area is 114 Å². The molecular formula is C14H23N3O2. The average molecular weight is 265 g/mol. The minimum absolute atomic E-state index is 0.0107. The van der Waals surface area contributed by atoms with Crippen LogP contribution < -0.4 is 10.1 Å². The van der Waals surface area contributed by atoms with Crippen molar-refractivity contribution >= 4 is 5.95 Å². The fraction of sp³-hybridized carbons (Fsp3) is 0.714. The van der Waals surface area contributed by atoms with Crippen LogP contribution in [0.3, 0.4) is 0 Å². The van der Waals surface area contributed by atoms with Crippen LogP contribution in [0.2, 0.25) is 0 Å². The van der Waals surface area contributed by atoms with Crippen LogP contribution >= 0.6 is 0 Å². The number of nitrogens with zero attached hydrogens (tertiary/aromatic N) is 2. The van der Waals surface area contributed by atoms with Crippen molar-refractivity contribution in [1.29, 1.82) is 0 Å². The maximum Gasteiger partial charge on any atom is 0.225 e. The van der Waals surface area contributed by atoms with Crippen LogP contribution in [0.25, 0.3) is 0 Å². The summed E-state index contributed by atoms with van der Waals surface area (Å²) in [6, 6.07) is 1.75. The van der Waals surface area contributed by atoms with Crippen molar-refractivity contribution in [3.8, 4) is 5.88 Å². The topological polar surface area (TPSA) is 67.3 Å². The molecule has 106 valence electrons. The van der Waals surface area contributed by atoms with E-state index in [2.05, 4.69) is 15.3 Å². The van der Waals surface area contributed by atoms with Gasteiger partial charge in [0, 0.05) is 24.2 Å². The summed E-state index contributed by atoms with van der Waals surface area (Å²) in [5.74, 6) is 1.16. The molecular weight excluding hydrogens is 242 g/mol. The van der Waals surface area contributed by atoms with E-state index in [4.69, 9.17) is 4.74 Å². The van der Waals surface area contributed by atoms with Gasteiger partial charge in [-0.25, -0.2) is 4.98 Å². The van der Waals surface area contributed by atoms with Crippen LogP contribution in [0.15, 0.2) is 12.3 Å². The molecule has 0 atom stereocenters. The zero-order valence-electron chi connectivity index (χ0n) is 11.6. The fourth-order valence-corrected chi connectivity index (χ4v) is 2.61. The second kappa shape index (κ2) is 6.70. The predicted octanol–water partition coefficient (Wildman–Crippen LogP) is 2.23. The number of aromatic nitrogens is 2. The molecule has 0 radical (unpaired) electrons. The van der Waals surface area contributed by atoms with Gasteiger partial charge in [0.1, 0.15) is 0 Å². The first kappa shape index (κ1) is 14.1. The van der Waals surface area contributed by atoms with E-state index in [0.717, 1.165) is 19.4 Å². The van der Waals surface area contributed by atoms with Gasteiger partial charge in [0.05, 0.1) is 13.2 Å². The summed E-state index contributed by atoms with van der Waals surface area (Å²) in [4.78, 5) is 8.47. The van der Waals surface area contributed by atoms with Crippen LogP contribution in [0.1, 0.15) is 39.0 Å². The molecule has 1 aliphatic carbocycles. The van der Waals surface area contributed by atoms with Crippen molar-refractivity contribution in [2.24, 2.45) is 5.41 Å². The van der Waals surface area contributed by atoms with Crippen molar-refractivity contribution in [3.63, 3.8) is 0 Å². The molecule has 2 N–H and O–H groups in total. The second-order valence-electron chi connectivity index (χ2n) is 5.22. The minimum Gasteiger partial charge on any atom is -0.478 e. The highest BCUT2D eigenvalue weighted by molar-refractivity contribution is 5.28. The molecule has 1 saturated carbocycles. The summed E-state index contributed by atoms with van der Waals surface area (Å²) < 4.78 is 5.35. The molecule has 0 bridgehead atoms. The molecule has 1 aromatic rings. The molecule has 0 spiro atoms. The summed E-state index contributed by atoms with van der Waals surface area (Å²) in [5.41, 5.74) is -0.0107. The highest BCUT2D eigenvalue weighted by atomic mass is 16.5. The first-order chi connectivity index (χ1) is 9.28. The van der Waals surface area contributed by atoms with E-state index in [1.807, 2.05) is 6.92 Å². The van der Waals surface area contributed by atoms with E-state index in [-0.39, 0.29) is 12.0 Å². The van der Waals surface area contributed by atoms with Gasteiger partial charge in [0.15, 0.2) is 0 Å². The second-order valence-corrected chi connectivity index (χ2v) is 5.22. The van der Waals surface area contributed by atoms with E-state index in [1.165, 1.54) is 19.3 Å². The van der Waals surface area contributed by atoms with Crippen molar-refractivity contribution in [2.75, 3.05) is 25.1 Å². The van der Waals surface area contributed by atoms with Crippen LogP contribution in [0.4, 0.5) is 5.95 Å². The number of aliphatic hydroxyl groups excluding tert-OH is 1. The Hall–Kier alpha value is -1.36. The maximum absolute atomic E-state index is 9.65. The Morgan fingerprint density at radius 1 is 1.37 bits per heavy atom. The van der Waals surface area contributed by atoms with Crippen LogP contribution in [-0.2, 0) is 0 Å². The number of hydrogen-bond donors (Lipinski definition) is 2. The lowest BCUT2D eigenvalue weighted by molar-refractivity contribution is 0.0942. The molecule has 1 fully saturated rings. The lowest BCUT2D eigenvalue weighted by Gasteiger charge is -2.35. The summed E-state index contributed by atoms with van der Waals surface area (Å²) >= 11 is 0. The Kier molecular flexibility index (Phi) is 4.96. The SMILES string of the molecule is CCOc1ccnc(NCC2(CO)CCCCC2)n1. The zero-order chi connectivity index (χ0) is 13.6. The minimum atomic E-state index is -0.0107. The van der Waals surface area contributed by atoms with Crippen LogP contribution in [-0.4, -0.2) is 34.8 Å². The smallest absolute Gasteiger partial charge is 0.225 e. The predicted molar refractivity (Wildman–Crippen MR) is 74.3 cm³/mol. The van der Waals surface area contributed by atoms with E-state index in [9.17, 15) is 5.11 Å². The molecule has 1 aliphatic rings. The standard InChI is InChI=1S/C14H23N3O2/c1-2-19-12-6-9-15-13(17-12)16-10-14(11-18)7-4-3-5-8-14/h6,9,18H,2-5,7-8,10-11H2,1H3,(H,15,16,17). The molecule has 0 saturated heterocycles. The molecule has 0 aromatic carbocycles. The first-order valence-electron chi connectivity index (χ1n) is 7.08. The summed E-state index contributed by atoms with van der Waals surface area (Å²) in [6.07, 6.45) is 7.50. The van der Waals surface area contributed by atoms with E-state index in [0.29, 0.717) is 18.4 Å². The molecule has 2 rings (SSSR count). The van der Waals surface area contributed by atoms with Gasteiger partial charge in [-0.15, -0.1) is 0 Å². The molecule has 5 nitrogen and oxygen atoms in total. The fourth-order valence-electron chi connectivity index (χ4n) is 2.61. The van der Waals surface area contributed by atoms with Gasteiger partial charge in [-0.1, -0.05) is 19.3 Å². The lowest BCUT2D eigenvalue weighted by atomic mass is 9.74. The Bertz CT molecular complexity index is 392. The van der Waals surface area contributed by atoms with Gasteiger partial charge in [-0.05, 0) is 19.8 Å². The molecule has 0 aliphatic heterocycles. The van der Waals surface area contributed by atoms with Gasteiger partial charge < -0.3 is 15.2 Å². The highest BCUT2D eigenvalue weighted by Crippen LogP contribution is 2.35. The zero-order valence-corrected chi connectivity index (χ0v) is 11.6. The molecule has 5 heteroatoms. The summed E-state index contributed by atoms with van der Waals surface area (Å²) in [5, 5.41) is 12.9. The van der Waals surface area contributed by atoms with E-state index < -0.39 is 0 Å². The number of hydrogen-bond acceptors (Lipinski definition) is 5. The Morgan fingerprint density at radius 3 is 2.84 bits per heavy atom. The van der Waals surface area contributed by atoms with Crippen molar-refractivity contribution in [1.82, 2.24) is 9.97 Å². The highest BCUT2D eigenvalue weighted by Gasteiger charge is 2.31. The van der Waals surface area contributed by atoms with Gasteiger partial charge in [-0.2, -0.15) is 4.98 Å². The van der Waals surface area contributed by atoms with Gasteiger partial charge >= 0.3 is 0 Å². The van der Waals surface area contributed by atoms with Gasteiger partial charge in [-0.3, -0.25) is 0 Å². The van der Waals surface area contributed by atoms with Crippen LogP contribution in [0, 0.1) is 5.41 Å². The van der Waals surface area contributed by atoms with Gasteiger partial charge in [0.25, 0.3) is 0 Å². The quantitative estimate of drug-likeness (QED) is 0.825. The third-order valence-corrected chi connectivity index (χ3v) is 3.79. The monoisotopic (exact) mass is 265 g/mol. The lowest BCUT2D eigenvalue weighted by Crippen LogP contribution is -2.35. The van der Waals surface area contributed by atoms with E-state index in [1.54, 1.807) is 12.3 Å². The van der Waals surface area contributed by atoms with Crippen LogP contribution in [0.5, 0.6) is 5.88 Å². The Morgan fingerprint density at radius 2 is 2.16 bits per heavy atom. The molecule has 0 amide bonds. The third-order valence-electron chi connectivity index (χ3n) is 3.79. The largest absolute Gasteiger partial charge is 0.478 e. The number of ether oxygens (including phenoxy) is 1. The molecule has 0 unspecified atom stereocenters. The molecule has 1 aromatic heterocycles.